The second kappa shape index (κ2) is 7.75. The molecule has 1 aromatic heterocycles. The van der Waals surface area contributed by atoms with E-state index in [1.54, 1.807) is 24.6 Å². The summed E-state index contributed by atoms with van der Waals surface area (Å²) in [4.78, 5) is 16.4. The van der Waals surface area contributed by atoms with Crippen molar-refractivity contribution in [3.8, 4) is 16.3 Å². The number of hydrogen-bond donors (Lipinski definition) is 1. The van der Waals surface area contributed by atoms with Crippen molar-refractivity contribution in [3.05, 3.63) is 65.7 Å². The average molecular weight is 338 g/mol. The summed E-state index contributed by atoms with van der Waals surface area (Å²) in [6.45, 7) is 0. The summed E-state index contributed by atoms with van der Waals surface area (Å²) < 4.78 is 5.19. The van der Waals surface area contributed by atoms with E-state index < -0.39 is 0 Å². The third-order valence-electron chi connectivity index (χ3n) is 3.62. The first-order chi connectivity index (χ1) is 11.7. The number of methoxy groups -OCH3 is 1. The zero-order valence-electron chi connectivity index (χ0n) is 13.4. The van der Waals surface area contributed by atoms with Crippen molar-refractivity contribution in [2.75, 3.05) is 12.4 Å². The molecule has 0 aliphatic carbocycles. The number of aryl methyl sites for hydroxylation is 1. The lowest BCUT2D eigenvalue weighted by atomic mass is 10.1. The number of anilines is 1. The van der Waals surface area contributed by atoms with Crippen molar-refractivity contribution in [1.29, 1.82) is 0 Å². The van der Waals surface area contributed by atoms with Crippen molar-refractivity contribution in [2.24, 2.45) is 0 Å². The third-order valence-corrected chi connectivity index (χ3v) is 4.44. The maximum atomic E-state index is 12.1. The Bertz CT molecular complexity index is 798. The molecule has 122 valence electrons. The van der Waals surface area contributed by atoms with E-state index >= 15 is 0 Å². The predicted octanol–water partition coefficient (Wildman–Crippen LogP) is 4.39. The van der Waals surface area contributed by atoms with Crippen LogP contribution < -0.4 is 10.1 Å². The van der Waals surface area contributed by atoms with E-state index in [4.69, 9.17) is 4.74 Å². The molecule has 1 amide bonds. The monoisotopic (exact) mass is 338 g/mol. The molecule has 4 nitrogen and oxygen atoms in total. The van der Waals surface area contributed by atoms with Gasteiger partial charge in [-0.2, -0.15) is 0 Å². The van der Waals surface area contributed by atoms with Gasteiger partial charge in [0.1, 0.15) is 10.8 Å². The molecule has 2 aromatic carbocycles. The molecule has 1 N–H and O–H groups in total. The Morgan fingerprint density at radius 1 is 1.21 bits per heavy atom. The Balaban J connectivity index is 1.54. The van der Waals surface area contributed by atoms with Crippen LogP contribution in [-0.4, -0.2) is 18.0 Å². The smallest absolute Gasteiger partial charge is 0.224 e. The van der Waals surface area contributed by atoms with Crippen molar-refractivity contribution in [3.63, 3.8) is 0 Å². The number of carbonyl (C=O) groups excluding carboxylic acids is 1. The van der Waals surface area contributed by atoms with E-state index in [0.717, 1.165) is 27.6 Å². The van der Waals surface area contributed by atoms with E-state index in [0.29, 0.717) is 12.8 Å². The third kappa shape index (κ3) is 4.20. The molecule has 1 heterocycles. The summed E-state index contributed by atoms with van der Waals surface area (Å²) in [7, 11) is 1.64. The van der Waals surface area contributed by atoms with Gasteiger partial charge >= 0.3 is 0 Å². The Labute approximate surface area is 145 Å². The first kappa shape index (κ1) is 16.2. The highest BCUT2D eigenvalue weighted by molar-refractivity contribution is 7.13. The van der Waals surface area contributed by atoms with E-state index in [1.165, 1.54) is 0 Å². The highest BCUT2D eigenvalue weighted by Crippen LogP contribution is 2.23. The van der Waals surface area contributed by atoms with Gasteiger partial charge in [-0.25, -0.2) is 4.98 Å². The van der Waals surface area contributed by atoms with Crippen LogP contribution in [0.4, 0.5) is 5.69 Å². The Morgan fingerprint density at radius 2 is 2.04 bits per heavy atom. The van der Waals surface area contributed by atoms with E-state index in [2.05, 4.69) is 10.3 Å². The number of hydrogen-bond acceptors (Lipinski definition) is 4. The molecule has 3 rings (SSSR count). The fraction of sp³-hybridized carbons (Fsp3) is 0.158. The zero-order valence-corrected chi connectivity index (χ0v) is 14.2. The molecule has 0 atom stereocenters. The lowest BCUT2D eigenvalue weighted by molar-refractivity contribution is -0.116. The Hall–Kier alpha value is -2.66. The molecule has 0 radical (unpaired) electrons. The minimum atomic E-state index is -0.000168. The first-order valence-electron chi connectivity index (χ1n) is 7.67. The summed E-state index contributed by atoms with van der Waals surface area (Å²) in [6.07, 6.45) is 2.90. The van der Waals surface area contributed by atoms with Crippen LogP contribution in [0.15, 0.2) is 60.1 Å². The molecule has 0 saturated heterocycles. The second-order valence-corrected chi connectivity index (χ2v) is 6.21. The number of thiazole rings is 1. The van der Waals surface area contributed by atoms with Gasteiger partial charge in [0, 0.05) is 29.2 Å². The zero-order chi connectivity index (χ0) is 16.8. The largest absolute Gasteiger partial charge is 0.497 e. The first-order valence-corrected chi connectivity index (χ1v) is 8.55. The van der Waals surface area contributed by atoms with Gasteiger partial charge < -0.3 is 10.1 Å². The van der Waals surface area contributed by atoms with Crippen LogP contribution >= 0.6 is 11.3 Å². The van der Waals surface area contributed by atoms with Gasteiger partial charge in [-0.1, -0.05) is 12.1 Å². The summed E-state index contributed by atoms with van der Waals surface area (Å²) in [6, 6.07) is 15.5. The highest BCUT2D eigenvalue weighted by Gasteiger charge is 2.05. The van der Waals surface area contributed by atoms with Gasteiger partial charge in [0.05, 0.1) is 7.11 Å². The van der Waals surface area contributed by atoms with Crippen LogP contribution in [0, 0.1) is 0 Å². The molecule has 0 saturated carbocycles. The lowest BCUT2D eigenvalue weighted by Crippen LogP contribution is -2.12. The number of aromatic nitrogens is 1. The Kier molecular flexibility index (Phi) is 5.23. The molecule has 0 aliphatic heterocycles. The summed E-state index contributed by atoms with van der Waals surface area (Å²) >= 11 is 1.60. The fourth-order valence-corrected chi connectivity index (χ4v) is 3.02. The van der Waals surface area contributed by atoms with E-state index in [-0.39, 0.29) is 5.91 Å². The van der Waals surface area contributed by atoms with Gasteiger partial charge in [-0.05, 0) is 48.4 Å². The van der Waals surface area contributed by atoms with Crippen LogP contribution in [0.2, 0.25) is 0 Å². The van der Waals surface area contributed by atoms with Crippen molar-refractivity contribution >= 4 is 22.9 Å². The highest BCUT2D eigenvalue weighted by atomic mass is 32.1. The number of ether oxygens (including phenoxy) is 1. The molecule has 0 fully saturated rings. The number of rotatable bonds is 6. The van der Waals surface area contributed by atoms with Gasteiger partial charge in [0.15, 0.2) is 0 Å². The van der Waals surface area contributed by atoms with Crippen LogP contribution in [-0.2, 0) is 11.2 Å². The normalized spacial score (nSPS) is 10.4. The maximum Gasteiger partial charge on any atom is 0.224 e. The fourth-order valence-electron chi connectivity index (χ4n) is 2.37. The quantitative estimate of drug-likeness (QED) is 0.725. The topological polar surface area (TPSA) is 51.2 Å². The van der Waals surface area contributed by atoms with Gasteiger partial charge in [-0.15, -0.1) is 11.3 Å². The standard InChI is InChI=1S/C19H18N2O2S/c1-23-17-4-2-3-14(13-17)5-10-18(22)21-16-8-6-15(7-9-16)19-20-11-12-24-19/h2-4,6-9,11-13H,5,10H2,1H3,(H,21,22). The molecular weight excluding hydrogens is 320 g/mol. The molecule has 24 heavy (non-hydrogen) atoms. The number of amides is 1. The molecule has 0 aliphatic rings. The van der Waals surface area contributed by atoms with Crippen LogP contribution in [0.3, 0.4) is 0 Å². The molecule has 0 spiro atoms. The average Bonchev–Trinajstić information content (AvgIpc) is 3.15. The van der Waals surface area contributed by atoms with Crippen molar-refractivity contribution in [2.45, 2.75) is 12.8 Å². The molecule has 3 aromatic rings. The molecular formula is C19H18N2O2S. The van der Waals surface area contributed by atoms with Crippen molar-refractivity contribution in [1.82, 2.24) is 4.98 Å². The SMILES string of the molecule is COc1cccc(CCC(=O)Nc2ccc(-c3nccs3)cc2)c1. The minimum absolute atomic E-state index is 0.000168. The van der Waals surface area contributed by atoms with Gasteiger partial charge in [-0.3, -0.25) is 4.79 Å². The maximum absolute atomic E-state index is 12.1. The number of benzene rings is 2. The number of nitrogens with zero attached hydrogens (tertiary/aromatic N) is 1. The van der Waals surface area contributed by atoms with Crippen LogP contribution in [0.1, 0.15) is 12.0 Å². The summed E-state index contributed by atoms with van der Waals surface area (Å²) in [5, 5.41) is 5.85. The lowest BCUT2D eigenvalue weighted by Gasteiger charge is -2.07. The Morgan fingerprint density at radius 3 is 2.75 bits per heavy atom. The van der Waals surface area contributed by atoms with Gasteiger partial charge in [0.2, 0.25) is 5.91 Å². The predicted molar refractivity (Wildman–Crippen MR) is 97.5 cm³/mol. The number of nitrogens with one attached hydrogen (secondary N) is 1. The molecule has 0 bridgehead atoms. The summed E-state index contributed by atoms with van der Waals surface area (Å²) in [5.41, 5.74) is 2.94. The van der Waals surface area contributed by atoms with E-state index in [9.17, 15) is 4.79 Å². The second-order valence-electron chi connectivity index (χ2n) is 5.31. The van der Waals surface area contributed by atoms with Crippen molar-refractivity contribution < 1.29 is 9.53 Å². The van der Waals surface area contributed by atoms with Crippen LogP contribution in [0.25, 0.3) is 10.6 Å². The minimum Gasteiger partial charge on any atom is -0.497 e. The molecule has 0 unspecified atom stereocenters. The summed E-state index contributed by atoms with van der Waals surface area (Å²) in [5.74, 6) is 0.811. The number of carbonyl (C=O) groups is 1. The van der Waals surface area contributed by atoms with Crippen LogP contribution in [0.5, 0.6) is 5.75 Å². The van der Waals surface area contributed by atoms with E-state index in [1.807, 2.05) is 53.9 Å². The molecule has 5 heteroatoms. The van der Waals surface area contributed by atoms with Gasteiger partial charge in [0.25, 0.3) is 0 Å².